The largest absolute Gasteiger partial charge is 0.494 e. The molecule has 4 heteroatoms. The summed E-state index contributed by atoms with van der Waals surface area (Å²) >= 11 is 3.60. The lowest BCUT2D eigenvalue weighted by Crippen LogP contribution is -2.04. The molecule has 3 nitrogen and oxygen atoms in total. The number of pyridine rings is 1. The zero-order valence-corrected chi connectivity index (χ0v) is 12.7. The fraction of sp³-hybridized carbons (Fsp3) is 0.357. The second-order valence-corrected chi connectivity index (χ2v) is 5.06. The molecule has 0 saturated heterocycles. The summed E-state index contributed by atoms with van der Waals surface area (Å²) in [6.45, 7) is 7.08. The van der Waals surface area contributed by atoms with Crippen LogP contribution < -0.4 is 10.1 Å². The van der Waals surface area contributed by atoms with Crippen molar-refractivity contribution in [2.45, 2.75) is 20.8 Å². The van der Waals surface area contributed by atoms with Crippen molar-refractivity contribution in [1.82, 2.24) is 4.98 Å². The Morgan fingerprint density at radius 2 is 2.06 bits per heavy atom. The molecule has 0 saturated carbocycles. The van der Waals surface area contributed by atoms with Crippen molar-refractivity contribution in [3.05, 3.63) is 27.9 Å². The Kier molecular flexibility index (Phi) is 3.76. The quantitative estimate of drug-likeness (QED) is 0.928. The minimum Gasteiger partial charge on any atom is -0.494 e. The van der Waals surface area contributed by atoms with Crippen LogP contribution in [0, 0.1) is 13.8 Å². The van der Waals surface area contributed by atoms with Crippen molar-refractivity contribution in [2.75, 3.05) is 19.0 Å². The number of rotatable bonds is 3. The predicted molar refractivity (Wildman–Crippen MR) is 79.6 cm³/mol. The van der Waals surface area contributed by atoms with Crippen LogP contribution in [0.4, 0.5) is 5.69 Å². The van der Waals surface area contributed by atoms with E-state index in [0.29, 0.717) is 0 Å². The SMILES string of the molecule is CCNc1c(C)c(C)nc2c(OC)ccc(Br)c12. The molecular weight excluding hydrogens is 292 g/mol. The smallest absolute Gasteiger partial charge is 0.145 e. The standard InChI is InChI=1S/C14H17BrN2O/c1-5-16-13-8(2)9(3)17-14-11(18-4)7-6-10(15)12(13)14/h6-7H,5H2,1-4H3,(H,16,17). The number of benzene rings is 1. The maximum absolute atomic E-state index is 5.40. The molecule has 1 heterocycles. The number of nitrogens with one attached hydrogen (secondary N) is 1. The Hall–Kier alpha value is -1.29. The average molecular weight is 309 g/mol. The molecule has 0 aliphatic carbocycles. The Morgan fingerprint density at radius 3 is 2.67 bits per heavy atom. The van der Waals surface area contributed by atoms with E-state index >= 15 is 0 Å². The van der Waals surface area contributed by atoms with E-state index in [1.165, 1.54) is 5.56 Å². The number of halogens is 1. The van der Waals surface area contributed by atoms with Crippen LogP contribution >= 0.6 is 15.9 Å². The van der Waals surface area contributed by atoms with E-state index in [4.69, 9.17) is 4.74 Å². The summed E-state index contributed by atoms with van der Waals surface area (Å²) in [4.78, 5) is 4.65. The molecule has 1 aromatic carbocycles. The van der Waals surface area contributed by atoms with E-state index in [2.05, 4.69) is 40.1 Å². The van der Waals surface area contributed by atoms with Gasteiger partial charge in [-0.15, -0.1) is 0 Å². The molecule has 2 rings (SSSR count). The number of fused-ring (bicyclic) bond motifs is 1. The van der Waals surface area contributed by atoms with Gasteiger partial charge < -0.3 is 10.1 Å². The van der Waals surface area contributed by atoms with Crippen LogP contribution in [0.3, 0.4) is 0 Å². The molecule has 18 heavy (non-hydrogen) atoms. The van der Waals surface area contributed by atoms with Gasteiger partial charge in [0.25, 0.3) is 0 Å². The van der Waals surface area contributed by atoms with Crippen LogP contribution in [0.5, 0.6) is 5.75 Å². The molecule has 0 fully saturated rings. The number of anilines is 1. The third-order valence-electron chi connectivity index (χ3n) is 3.11. The molecule has 0 atom stereocenters. The van der Waals surface area contributed by atoms with E-state index in [0.717, 1.165) is 39.1 Å². The molecule has 0 radical (unpaired) electrons. The third-order valence-corrected chi connectivity index (χ3v) is 3.77. The Bertz CT molecular complexity index is 596. The van der Waals surface area contributed by atoms with Gasteiger partial charge in [0.05, 0.1) is 7.11 Å². The number of aryl methyl sites for hydroxylation is 1. The number of aromatic nitrogens is 1. The zero-order chi connectivity index (χ0) is 13.3. The summed E-state index contributed by atoms with van der Waals surface area (Å²) in [5.74, 6) is 0.801. The maximum atomic E-state index is 5.40. The van der Waals surface area contributed by atoms with Gasteiger partial charge in [-0.2, -0.15) is 0 Å². The molecular formula is C14H17BrN2O. The Balaban J connectivity index is 2.90. The number of ether oxygens (including phenoxy) is 1. The molecule has 0 spiro atoms. The van der Waals surface area contributed by atoms with Gasteiger partial charge in [0.2, 0.25) is 0 Å². The summed E-state index contributed by atoms with van der Waals surface area (Å²) < 4.78 is 6.43. The van der Waals surface area contributed by atoms with Gasteiger partial charge in [-0.05, 0) is 38.5 Å². The summed E-state index contributed by atoms with van der Waals surface area (Å²) in [5.41, 5.74) is 4.23. The van der Waals surface area contributed by atoms with E-state index in [1.807, 2.05) is 19.1 Å². The van der Waals surface area contributed by atoms with Crippen molar-refractivity contribution in [2.24, 2.45) is 0 Å². The molecule has 0 aliphatic heterocycles. The molecule has 96 valence electrons. The third kappa shape index (κ3) is 2.05. The first-order valence-corrected chi connectivity index (χ1v) is 6.76. The van der Waals surface area contributed by atoms with Gasteiger partial charge >= 0.3 is 0 Å². The van der Waals surface area contributed by atoms with Gasteiger partial charge in [0, 0.05) is 27.8 Å². The van der Waals surface area contributed by atoms with Crippen LogP contribution in [-0.4, -0.2) is 18.6 Å². The highest BCUT2D eigenvalue weighted by molar-refractivity contribution is 9.10. The van der Waals surface area contributed by atoms with Crippen molar-refractivity contribution in [3.8, 4) is 5.75 Å². The van der Waals surface area contributed by atoms with E-state index < -0.39 is 0 Å². The fourth-order valence-corrected chi connectivity index (χ4v) is 2.60. The topological polar surface area (TPSA) is 34.2 Å². The first-order chi connectivity index (χ1) is 8.60. The van der Waals surface area contributed by atoms with Crippen molar-refractivity contribution in [1.29, 1.82) is 0 Å². The minimum atomic E-state index is 0.801. The summed E-state index contributed by atoms with van der Waals surface area (Å²) in [7, 11) is 1.67. The highest BCUT2D eigenvalue weighted by atomic mass is 79.9. The Morgan fingerprint density at radius 1 is 1.33 bits per heavy atom. The number of nitrogens with zero attached hydrogens (tertiary/aromatic N) is 1. The lowest BCUT2D eigenvalue weighted by molar-refractivity contribution is 0.419. The molecule has 0 unspecified atom stereocenters. The maximum Gasteiger partial charge on any atom is 0.145 e. The molecule has 0 amide bonds. The summed E-state index contributed by atoms with van der Waals surface area (Å²) in [5, 5.41) is 4.51. The molecule has 0 aliphatic rings. The Labute approximate surface area is 116 Å². The first kappa shape index (κ1) is 13.1. The summed E-state index contributed by atoms with van der Waals surface area (Å²) in [6.07, 6.45) is 0. The van der Waals surface area contributed by atoms with Crippen molar-refractivity contribution >= 4 is 32.5 Å². The summed E-state index contributed by atoms with van der Waals surface area (Å²) in [6, 6.07) is 3.93. The molecule has 0 bridgehead atoms. The lowest BCUT2D eigenvalue weighted by atomic mass is 10.1. The van der Waals surface area contributed by atoms with Crippen LogP contribution in [0.15, 0.2) is 16.6 Å². The van der Waals surface area contributed by atoms with E-state index in [9.17, 15) is 0 Å². The van der Waals surface area contributed by atoms with Gasteiger partial charge in [-0.1, -0.05) is 15.9 Å². The second-order valence-electron chi connectivity index (χ2n) is 4.20. The number of hydrogen-bond donors (Lipinski definition) is 1. The lowest BCUT2D eigenvalue weighted by Gasteiger charge is -2.16. The predicted octanol–water partition coefficient (Wildman–Crippen LogP) is 4.05. The van der Waals surface area contributed by atoms with Crippen LogP contribution in [0.1, 0.15) is 18.2 Å². The second kappa shape index (κ2) is 5.14. The van der Waals surface area contributed by atoms with Crippen LogP contribution in [0.2, 0.25) is 0 Å². The van der Waals surface area contributed by atoms with Crippen LogP contribution in [0.25, 0.3) is 10.9 Å². The fourth-order valence-electron chi connectivity index (χ4n) is 2.08. The highest BCUT2D eigenvalue weighted by Gasteiger charge is 2.14. The molecule has 1 N–H and O–H groups in total. The van der Waals surface area contributed by atoms with Crippen molar-refractivity contribution in [3.63, 3.8) is 0 Å². The van der Waals surface area contributed by atoms with Gasteiger partial charge in [-0.25, -0.2) is 4.98 Å². The van der Waals surface area contributed by atoms with E-state index in [-0.39, 0.29) is 0 Å². The number of methoxy groups -OCH3 is 1. The minimum absolute atomic E-state index is 0.801. The highest BCUT2D eigenvalue weighted by Crippen LogP contribution is 2.37. The number of hydrogen-bond acceptors (Lipinski definition) is 3. The van der Waals surface area contributed by atoms with Crippen LogP contribution in [-0.2, 0) is 0 Å². The first-order valence-electron chi connectivity index (χ1n) is 5.97. The van der Waals surface area contributed by atoms with Crippen molar-refractivity contribution < 1.29 is 4.74 Å². The van der Waals surface area contributed by atoms with E-state index in [1.54, 1.807) is 7.11 Å². The molecule has 2 aromatic rings. The van der Waals surface area contributed by atoms with Gasteiger partial charge in [-0.3, -0.25) is 0 Å². The van der Waals surface area contributed by atoms with Gasteiger partial charge in [0.15, 0.2) is 0 Å². The normalized spacial score (nSPS) is 10.7. The molecule has 1 aromatic heterocycles. The zero-order valence-electron chi connectivity index (χ0n) is 11.1. The van der Waals surface area contributed by atoms with Gasteiger partial charge in [0.1, 0.15) is 11.3 Å². The monoisotopic (exact) mass is 308 g/mol. The average Bonchev–Trinajstić information content (AvgIpc) is 2.35.